The Labute approximate surface area is 180 Å². The first-order chi connectivity index (χ1) is 14.6. The van der Waals surface area contributed by atoms with Gasteiger partial charge in [0.25, 0.3) is 0 Å². The first-order valence-corrected chi connectivity index (χ1v) is 10.6. The lowest BCUT2D eigenvalue weighted by Crippen LogP contribution is -2.05. The van der Waals surface area contributed by atoms with Crippen molar-refractivity contribution in [2.75, 3.05) is 28.4 Å². The number of Topliss-reactive ketones (excluding diaryl/α,β-unsaturated/α-hetero) is 1. The molecule has 2 aromatic carbocycles. The summed E-state index contributed by atoms with van der Waals surface area (Å²) >= 11 is 0. The van der Waals surface area contributed by atoms with Crippen LogP contribution in [0, 0.1) is 0 Å². The van der Waals surface area contributed by atoms with Crippen LogP contribution in [0.2, 0.25) is 0 Å². The summed E-state index contributed by atoms with van der Waals surface area (Å²) in [6.45, 7) is 0. The normalized spacial score (nSPS) is 10.5. The molecule has 0 saturated heterocycles. The lowest BCUT2D eigenvalue weighted by molar-refractivity contribution is 0.0973. The van der Waals surface area contributed by atoms with Crippen LogP contribution < -0.4 is 18.9 Å². The topological polar surface area (TPSA) is 54.0 Å². The molecule has 0 aliphatic heterocycles. The first-order valence-electron chi connectivity index (χ1n) is 10.6. The van der Waals surface area contributed by atoms with Gasteiger partial charge in [-0.2, -0.15) is 0 Å². The van der Waals surface area contributed by atoms with Crippen LogP contribution in [0.1, 0.15) is 60.9 Å². The number of ether oxygens (including phenoxy) is 4. The van der Waals surface area contributed by atoms with Crippen molar-refractivity contribution < 1.29 is 23.7 Å². The minimum atomic E-state index is 0.0813. The molecule has 0 spiro atoms. The van der Waals surface area contributed by atoms with Gasteiger partial charge >= 0.3 is 0 Å². The minimum absolute atomic E-state index is 0.0813. The van der Waals surface area contributed by atoms with Crippen LogP contribution in [0.25, 0.3) is 0 Å². The number of hydrogen-bond acceptors (Lipinski definition) is 5. The molecule has 0 heterocycles. The van der Waals surface area contributed by atoms with Crippen LogP contribution in [-0.4, -0.2) is 34.2 Å². The number of hydrogen-bond donors (Lipinski definition) is 0. The van der Waals surface area contributed by atoms with Gasteiger partial charge in [-0.15, -0.1) is 0 Å². The molecule has 0 saturated carbocycles. The fourth-order valence-electron chi connectivity index (χ4n) is 3.61. The summed E-state index contributed by atoms with van der Waals surface area (Å²) in [7, 11) is 6.47. The summed E-state index contributed by atoms with van der Waals surface area (Å²) in [4.78, 5) is 12.6. The maximum Gasteiger partial charge on any atom is 0.170 e. The molecule has 164 valence electrons. The molecular formula is C25H34O5. The molecule has 0 N–H and O–H groups in total. The van der Waals surface area contributed by atoms with Crippen molar-refractivity contribution >= 4 is 5.78 Å². The predicted octanol–water partition coefficient (Wildman–Crippen LogP) is 5.88. The molecule has 5 nitrogen and oxygen atoms in total. The Morgan fingerprint density at radius 1 is 0.667 bits per heavy atom. The third kappa shape index (κ3) is 6.68. The van der Waals surface area contributed by atoms with E-state index >= 15 is 0 Å². The van der Waals surface area contributed by atoms with Gasteiger partial charge in [-0.05, 0) is 49.1 Å². The largest absolute Gasteiger partial charge is 0.496 e. The number of methoxy groups -OCH3 is 4. The molecule has 5 heteroatoms. The van der Waals surface area contributed by atoms with E-state index < -0.39 is 0 Å². The van der Waals surface area contributed by atoms with Crippen LogP contribution in [0.5, 0.6) is 23.0 Å². The fraction of sp³-hybridized carbons (Fsp3) is 0.480. The Balaban J connectivity index is 1.65. The molecule has 0 aliphatic rings. The van der Waals surface area contributed by atoms with Gasteiger partial charge in [0.05, 0.1) is 28.4 Å². The molecule has 0 aliphatic carbocycles. The molecule has 0 amide bonds. The van der Waals surface area contributed by atoms with Gasteiger partial charge < -0.3 is 18.9 Å². The van der Waals surface area contributed by atoms with Crippen molar-refractivity contribution in [2.45, 2.75) is 51.4 Å². The van der Waals surface area contributed by atoms with Gasteiger partial charge in [-0.1, -0.05) is 37.8 Å². The third-order valence-corrected chi connectivity index (χ3v) is 5.27. The summed E-state index contributed by atoms with van der Waals surface area (Å²) in [6.07, 6.45) is 8.14. The van der Waals surface area contributed by atoms with E-state index in [1.165, 1.54) is 18.4 Å². The number of carbonyl (C=O) groups is 1. The zero-order valence-corrected chi connectivity index (χ0v) is 18.7. The monoisotopic (exact) mass is 414 g/mol. The Hall–Kier alpha value is -2.69. The molecule has 2 aromatic rings. The van der Waals surface area contributed by atoms with Crippen molar-refractivity contribution in [3.63, 3.8) is 0 Å². The number of rotatable bonds is 14. The van der Waals surface area contributed by atoms with Gasteiger partial charge in [0.15, 0.2) is 17.3 Å². The molecule has 2 rings (SSSR count). The van der Waals surface area contributed by atoms with Crippen molar-refractivity contribution in [3.8, 4) is 23.0 Å². The SMILES string of the molecule is COc1ccc(CCCCCCCCC(=O)c2c(OC)cccc2OC)cc1OC. The van der Waals surface area contributed by atoms with Crippen LogP contribution in [-0.2, 0) is 6.42 Å². The summed E-state index contributed by atoms with van der Waals surface area (Å²) < 4.78 is 21.3. The summed E-state index contributed by atoms with van der Waals surface area (Å²) in [5.41, 5.74) is 1.82. The lowest BCUT2D eigenvalue weighted by Gasteiger charge is -2.12. The quantitative estimate of drug-likeness (QED) is 0.285. The van der Waals surface area contributed by atoms with Crippen molar-refractivity contribution in [2.24, 2.45) is 0 Å². The van der Waals surface area contributed by atoms with Crippen LogP contribution >= 0.6 is 0 Å². The van der Waals surface area contributed by atoms with E-state index in [1.54, 1.807) is 40.6 Å². The van der Waals surface area contributed by atoms with E-state index in [0.29, 0.717) is 23.5 Å². The smallest absolute Gasteiger partial charge is 0.170 e. The number of benzene rings is 2. The molecule has 0 unspecified atom stereocenters. The van der Waals surface area contributed by atoms with Crippen LogP contribution in [0.15, 0.2) is 36.4 Å². The highest BCUT2D eigenvalue weighted by molar-refractivity contribution is 6.01. The average molecular weight is 415 g/mol. The maximum atomic E-state index is 12.6. The van der Waals surface area contributed by atoms with E-state index in [-0.39, 0.29) is 5.78 Å². The van der Waals surface area contributed by atoms with E-state index in [4.69, 9.17) is 18.9 Å². The number of aryl methyl sites for hydroxylation is 1. The van der Waals surface area contributed by atoms with Crippen LogP contribution in [0.4, 0.5) is 0 Å². The lowest BCUT2D eigenvalue weighted by atomic mass is 10.0. The fourth-order valence-corrected chi connectivity index (χ4v) is 3.61. The highest BCUT2D eigenvalue weighted by Crippen LogP contribution is 2.30. The van der Waals surface area contributed by atoms with Crippen molar-refractivity contribution in [3.05, 3.63) is 47.5 Å². The molecule has 0 aromatic heterocycles. The van der Waals surface area contributed by atoms with Gasteiger partial charge in [-0.25, -0.2) is 0 Å². The van der Waals surface area contributed by atoms with E-state index in [0.717, 1.165) is 43.6 Å². The second-order valence-electron chi connectivity index (χ2n) is 7.27. The summed E-state index contributed by atoms with van der Waals surface area (Å²) in [5.74, 6) is 2.79. The molecule has 0 radical (unpaired) electrons. The minimum Gasteiger partial charge on any atom is -0.496 e. The number of carbonyl (C=O) groups excluding carboxylic acids is 1. The van der Waals surface area contributed by atoms with Crippen molar-refractivity contribution in [1.29, 1.82) is 0 Å². The van der Waals surface area contributed by atoms with Gasteiger partial charge in [0, 0.05) is 6.42 Å². The van der Waals surface area contributed by atoms with E-state index in [9.17, 15) is 4.79 Å². The Kier molecular flexibility index (Phi) is 10.1. The number of unbranched alkanes of at least 4 members (excludes halogenated alkanes) is 5. The molecule has 0 fully saturated rings. The third-order valence-electron chi connectivity index (χ3n) is 5.27. The van der Waals surface area contributed by atoms with Gasteiger partial charge in [-0.3, -0.25) is 4.79 Å². The highest BCUT2D eigenvalue weighted by atomic mass is 16.5. The van der Waals surface area contributed by atoms with Crippen molar-refractivity contribution in [1.82, 2.24) is 0 Å². The zero-order chi connectivity index (χ0) is 21.8. The summed E-state index contributed by atoms with van der Waals surface area (Å²) in [6, 6.07) is 11.5. The van der Waals surface area contributed by atoms with E-state index in [1.807, 2.05) is 12.1 Å². The van der Waals surface area contributed by atoms with Gasteiger partial charge in [0.2, 0.25) is 0 Å². The van der Waals surface area contributed by atoms with Gasteiger partial charge in [0.1, 0.15) is 17.1 Å². The zero-order valence-electron chi connectivity index (χ0n) is 18.7. The van der Waals surface area contributed by atoms with E-state index in [2.05, 4.69) is 12.1 Å². The Morgan fingerprint density at radius 2 is 1.23 bits per heavy atom. The first kappa shape index (κ1) is 23.6. The molecule has 30 heavy (non-hydrogen) atoms. The molecule has 0 atom stereocenters. The van der Waals surface area contributed by atoms with Crippen LogP contribution in [0.3, 0.4) is 0 Å². The predicted molar refractivity (Wildman–Crippen MR) is 119 cm³/mol. The second kappa shape index (κ2) is 12.8. The average Bonchev–Trinajstić information content (AvgIpc) is 2.79. The molecule has 0 bridgehead atoms. The summed E-state index contributed by atoms with van der Waals surface area (Å²) in [5, 5.41) is 0. The highest BCUT2D eigenvalue weighted by Gasteiger charge is 2.17. The number of ketones is 1. The Morgan fingerprint density at radius 3 is 1.83 bits per heavy atom. The second-order valence-corrected chi connectivity index (χ2v) is 7.27. The standard InChI is InChI=1S/C25H34O5/c1-27-21-17-16-19(18-24(21)30-4)12-9-7-5-6-8-10-13-20(26)25-22(28-2)14-11-15-23(25)29-3/h11,14-18H,5-10,12-13H2,1-4H3. The maximum absolute atomic E-state index is 12.6. The Bertz CT molecular complexity index is 778. The molecular weight excluding hydrogens is 380 g/mol.